The number of nitrogens with one attached hydrogen (secondary N) is 1. The van der Waals surface area contributed by atoms with Crippen LogP contribution >= 0.6 is 11.3 Å². The maximum Gasteiger partial charge on any atom is 0.265 e. The Kier molecular flexibility index (Phi) is 6.74. The number of hydrogen-bond donors (Lipinski definition) is 1. The third-order valence-electron chi connectivity index (χ3n) is 5.02. The summed E-state index contributed by atoms with van der Waals surface area (Å²) >= 11 is 1.36. The average molecular weight is 422 g/mol. The Bertz CT molecular complexity index is 901. The minimum absolute atomic E-state index is 0.226. The number of benzene rings is 1. The van der Waals surface area contributed by atoms with Gasteiger partial charge >= 0.3 is 0 Å². The Balaban J connectivity index is 1.98. The van der Waals surface area contributed by atoms with E-state index in [0.717, 1.165) is 38.0 Å². The predicted octanol–water partition coefficient (Wildman–Crippen LogP) is 4.02. The smallest absolute Gasteiger partial charge is 0.265 e. The van der Waals surface area contributed by atoms with Gasteiger partial charge in [0.25, 0.3) is 5.91 Å². The van der Waals surface area contributed by atoms with Gasteiger partial charge in [-0.15, -0.1) is 11.3 Å². The van der Waals surface area contributed by atoms with Crippen molar-refractivity contribution in [3.63, 3.8) is 0 Å². The largest absolute Gasteiger partial charge is 0.370 e. The van der Waals surface area contributed by atoms with E-state index in [0.29, 0.717) is 23.7 Å². The van der Waals surface area contributed by atoms with E-state index in [1.165, 1.54) is 11.3 Å². The van der Waals surface area contributed by atoms with Crippen molar-refractivity contribution in [1.82, 2.24) is 4.31 Å². The summed E-state index contributed by atoms with van der Waals surface area (Å²) in [4.78, 5) is 15.5. The number of nitrogens with zero attached hydrogens (tertiary/aromatic N) is 2. The Labute approximate surface area is 171 Å². The van der Waals surface area contributed by atoms with Crippen LogP contribution in [-0.4, -0.2) is 44.8 Å². The first-order chi connectivity index (χ1) is 13.5. The first kappa shape index (κ1) is 20.8. The van der Waals surface area contributed by atoms with Crippen LogP contribution in [0.5, 0.6) is 0 Å². The van der Waals surface area contributed by atoms with E-state index in [2.05, 4.69) is 10.2 Å². The molecule has 0 aliphatic carbocycles. The Morgan fingerprint density at radius 2 is 1.86 bits per heavy atom. The minimum Gasteiger partial charge on any atom is -0.370 e. The van der Waals surface area contributed by atoms with Crippen molar-refractivity contribution in [2.45, 2.75) is 38.0 Å². The fraction of sp³-hybridized carbons (Fsp3) is 0.450. The summed E-state index contributed by atoms with van der Waals surface area (Å²) in [5.41, 5.74) is 1.35. The number of sulfonamides is 1. The molecule has 1 aromatic carbocycles. The number of hydrogen-bond acceptors (Lipinski definition) is 5. The number of amides is 1. The molecule has 0 bridgehead atoms. The van der Waals surface area contributed by atoms with Crippen LogP contribution in [0.1, 0.15) is 42.8 Å². The van der Waals surface area contributed by atoms with E-state index in [9.17, 15) is 13.2 Å². The molecule has 0 spiro atoms. The van der Waals surface area contributed by atoms with Gasteiger partial charge in [-0.05, 0) is 56.3 Å². The van der Waals surface area contributed by atoms with Crippen LogP contribution in [0.25, 0.3) is 0 Å². The van der Waals surface area contributed by atoms with Gasteiger partial charge in [0, 0.05) is 26.2 Å². The van der Waals surface area contributed by atoms with Gasteiger partial charge in [0.15, 0.2) is 0 Å². The third kappa shape index (κ3) is 4.39. The van der Waals surface area contributed by atoms with Crippen molar-refractivity contribution in [3.8, 4) is 0 Å². The number of anilines is 2. The van der Waals surface area contributed by atoms with Gasteiger partial charge in [0.1, 0.15) is 0 Å². The molecule has 1 saturated heterocycles. The van der Waals surface area contributed by atoms with Crippen LogP contribution in [-0.2, 0) is 10.0 Å². The molecule has 2 heterocycles. The van der Waals surface area contributed by atoms with Crippen molar-refractivity contribution in [3.05, 3.63) is 40.6 Å². The van der Waals surface area contributed by atoms with Gasteiger partial charge in [0.05, 0.1) is 21.1 Å². The fourth-order valence-electron chi connectivity index (χ4n) is 3.46. The average Bonchev–Trinajstić information content (AvgIpc) is 3.25. The topological polar surface area (TPSA) is 69.7 Å². The summed E-state index contributed by atoms with van der Waals surface area (Å²) in [6, 6.07) is 8.63. The highest BCUT2D eigenvalue weighted by Crippen LogP contribution is 2.31. The van der Waals surface area contributed by atoms with Crippen LogP contribution in [0.15, 0.2) is 40.6 Å². The first-order valence-electron chi connectivity index (χ1n) is 9.71. The van der Waals surface area contributed by atoms with E-state index in [1.807, 2.05) is 25.3 Å². The Morgan fingerprint density at radius 1 is 1.14 bits per heavy atom. The monoisotopic (exact) mass is 421 g/mol. The zero-order valence-corrected chi connectivity index (χ0v) is 18.0. The molecule has 2 aromatic rings. The molecular formula is C20H27N3O3S2. The summed E-state index contributed by atoms with van der Waals surface area (Å²) in [6.45, 7) is 6.70. The maximum absolute atomic E-state index is 13.1. The zero-order valence-electron chi connectivity index (χ0n) is 16.3. The van der Waals surface area contributed by atoms with Crippen LogP contribution in [0.3, 0.4) is 0 Å². The zero-order chi connectivity index (χ0) is 20.1. The minimum atomic E-state index is -3.56. The van der Waals surface area contributed by atoms with E-state index in [4.69, 9.17) is 0 Å². The van der Waals surface area contributed by atoms with Gasteiger partial charge in [-0.25, -0.2) is 8.42 Å². The molecule has 8 heteroatoms. The lowest BCUT2D eigenvalue weighted by Gasteiger charge is -2.28. The lowest BCUT2D eigenvalue weighted by Crippen LogP contribution is -2.35. The van der Waals surface area contributed by atoms with E-state index in [1.54, 1.807) is 28.6 Å². The third-order valence-corrected chi connectivity index (χ3v) is 7.78. The van der Waals surface area contributed by atoms with Crippen molar-refractivity contribution >= 4 is 38.6 Å². The highest BCUT2D eigenvalue weighted by Gasteiger charge is 2.27. The molecule has 1 N–H and O–H groups in total. The molecule has 152 valence electrons. The molecule has 0 saturated carbocycles. The molecule has 6 nitrogen and oxygen atoms in total. The standard InChI is InChI=1S/C20H27N3O3S2/c1-3-22(4-2)18-11-10-16(28(25,26)23-12-6-5-7-13-23)15-17(18)21-20(24)19-9-8-14-27-19/h8-11,14-15H,3-7,12-13H2,1-2H3,(H,21,24). The summed E-state index contributed by atoms with van der Waals surface area (Å²) < 4.78 is 27.7. The molecule has 0 atom stereocenters. The number of carbonyl (C=O) groups is 1. The lowest BCUT2D eigenvalue weighted by atomic mass is 10.2. The van der Waals surface area contributed by atoms with Gasteiger partial charge in [0.2, 0.25) is 10.0 Å². The Hall–Kier alpha value is -1.90. The highest BCUT2D eigenvalue weighted by molar-refractivity contribution is 7.89. The van der Waals surface area contributed by atoms with Gasteiger partial charge in [-0.3, -0.25) is 4.79 Å². The fourth-order valence-corrected chi connectivity index (χ4v) is 5.62. The molecule has 1 fully saturated rings. The maximum atomic E-state index is 13.1. The molecule has 0 radical (unpaired) electrons. The van der Waals surface area contributed by atoms with Crippen LogP contribution in [0.2, 0.25) is 0 Å². The quantitative estimate of drug-likeness (QED) is 0.733. The highest BCUT2D eigenvalue weighted by atomic mass is 32.2. The Morgan fingerprint density at radius 3 is 2.46 bits per heavy atom. The molecule has 0 unspecified atom stereocenters. The molecule has 1 aromatic heterocycles. The van der Waals surface area contributed by atoms with E-state index >= 15 is 0 Å². The molecule has 1 amide bonds. The SMILES string of the molecule is CCN(CC)c1ccc(S(=O)(=O)N2CCCCC2)cc1NC(=O)c1cccs1. The van der Waals surface area contributed by atoms with Crippen LogP contribution < -0.4 is 10.2 Å². The molecule has 28 heavy (non-hydrogen) atoms. The lowest BCUT2D eigenvalue weighted by molar-refractivity contribution is 0.103. The molecule has 1 aliphatic heterocycles. The summed E-state index contributed by atoms with van der Waals surface area (Å²) in [5, 5.41) is 4.77. The molecule has 3 rings (SSSR count). The second-order valence-corrected chi connectivity index (χ2v) is 9.63. The van der Waals surface area contributed by atoms with E-state index in [-0.39, 0.29) is 10.8 Å². The second kappa shape index (κ2) is 9.07. The first-order valence-corrected chi connectivity index (χ1v) is 12.0. The molecule has 1 aliphatic rings. The number of rotatable bonds is 7. The van der Waals surface area contributed by atoms with Crippen molar-refractivity contribution < 1.29 is 13.2 Å². The summed E-state index contributed by atoms with van der Waals surface area (Å²) in [5.74, 6) is -0.226. The van der Waals surface area contributed by atoms with Gasteiger partial charge < -0.3 is 10.2 Å². The van der Waals surface area contributed by atoms with Gasteiger partial charge in [-0.1, -0.05) is 12.5 Å². The summed E-state index contributed by atoms with van der Waals surface area (Å²) in [6.07, 6.45) is 2.84. The molecular weight excluding hydrogens is 394 g/mol. The number of thiophene rings is 1. The van der Waals surface area contributed by atoms with Gasteiger partial charge in [-0.2, -0.15) is 4.31 Å². The van der Waals surface area contributed by atoms with E-state index < -0.39 is 10.0 Å². The normalized spacial score (nSPS) is 15.4. The van der Waals surface area contributed by atoms with Crippen molar-refractivity contribution in [2.75, 3.05) is 36.4 Å². The predicted molar refractivity (Wildman–Crippen MR) is 115 cm³/mol. The number of piperidine rings is 1. The summed E-state index contributed by atoms with van der Waals surface area (Å²) in [7, 11) is -3.56. The van der Waals surface area contributed by atoms with Crippen molar-refractivity contribution in [2.24, 2.45) is 0 Å². The van der Waals surface area contributed by atoms with Crippen LogP contribution in [0.4, 0.5) is 11.4 Å². The van der Waals surface area contributed by atoms with Crippen molar-refractivity contribution in [1.29, 1.82) is 0 Å². The number of carbonyl (C=O) groups excluding carboxylic acids is 1. The second-order valence-electron chi connectivity index (χ2n) is 6.75. The van der Waals surface area contributed by atoms with Crippen LogP contribution in [0, 0.1) is 0 Å².